The van der Waals surface area contributed by atoms with Gasteiger partial charge >= 0.3 is 0 Å². The molecule has 4 rings (SSSR count). The van der Waals surface area contributed by atoms with E-state index < -0.39 is 0 Å². The Bertz CT molecular complexity index is 1200. The number of carbonyl (C=O) groups is 2. The number of hydrogen-bond acceptors (Lipinski definition) is 4. The Morgan fingerprint density at radius 1 is 0.486 bits per heavy atom. The molecule has 0 fully saturated rings. The second-order valence-corrected chi connectivity index (χ2v) is 8.30. The SMILES string of the molecule is CC(CC(=O)c1ccccc1)=Nc1ccccc1.CC(CC(=O)c1ccccc1)=Nc1ccccc1.[Cu]. The van der Waals surface area contributed by atoms with Crippen LogP contribution in [0, 0.1) is 0 Å². The first-order valence-electron chi connectivity index (χ1n) is 11.9. The van der Waals surface area contributed by atoms with Gasteiger partial charge in [-0.25, -0.2) is 0 Å². The van der Waals surface area contributed by atoms with Crippen molar-refractivity contribution in [1.82, 2.24) is 0 Å². The van der Waals surface area contributed by atoms with Crippen LogP contribution in [0.5, 0.6) is 0 Å². The fourth-order valence-electron chi connectivity index (χ4n) is 3.44. The average molecular weight is 538 g/mol. The van der Waals surface area contributed by atoms with E-state index in [2.05, 4.69) is 9.98 Å². The van der Waals surface area contributed by atoms with Crippen LogP contribution in [0.1, 0.15) is 47.4 Å². The number of para-hydroxylation sites is 2. The van der Waals surface area contributed by atoms with E-state index >= 15 is 0 Å². The van der Waals surface area contributed by atoms with Crippen LogP contribution in [0.2, 0.25) is 0 Å². The van der Waals surface area contributed by atoms with E-state index in [1.54, 1.807) is 0 Å². The van der Waals surface area contributed by atoms with Gasteiger partial charge in [-0.05, 0) is 38.1 Å². The summed E-state index contributed by atoms with van der Waals surface area (Å²) < 4.78 is 0. The normalized spacial score (nSPS) is 11.0. The molecule has 0 saturated carbocycles. The molecule has 4 nitrogen and oxygen atoms in total. The predicted octanol–water partition coefficient (Wildman–Crippen LogP) is 8.10. The van der Waals surface area contributed by atoms with Crippen LogP contribution in [-0.2, 0) is 17.1 Å². The number of benzene rings is 4. The van der Waals surface area contributed by atoms with Gasteiger partial charge in [-0.15, -0.1) is 0 Å². The first-order valence-corrected chi connectivity index (χ1v) is 11.9. The minimum atomic E-state index is 0. The van der Waals surface area contributed by atoms with Crippen LogP contribution in [-0.4, -0.2) is 23.0 Å². The molecule has 5 heteroatoms. The molecule has 4 aromatic carbocycles. The van der Waals surface area contributed by atoms with Gasteiger partial charge in [-0.3, -0.25) is 19.6 Å². The summed E-state index contributed by atoms with van der Waals surface area (Å²) >= 11 is 0. The molecule has 1 radical (unpaired) electrons. The van der Waals surface area contributed by atoms with Crippen LogP contribution in [0.3, 0.4) is 0 Å². The van der Waals surface area contributed by atoms with Crippen molar-refractivity contribution in [1.29, 1.82) is 0 Å². The number of nitrogens with zero attached hydrogens (tertiary/aromatic N) is 2. The Kier molecular flexibility index (Phi) is 12.6. The van der Waals surface area contributed by atoms with Crippen LogP contribution in [0.4, 0.5) is 11.4 Å². The molecule has 0 aliphatic rings. The van der Waals surface area contributed by atoms with Crippen LogP contribution in [0.25, 0.3) is 0 Å². The molecule has 0 aromatic heterocycles. The summed E-state index contributed by atoms with van der Waals surface area (Å²) in [7, 11) is 0. The largest absolute Gasteiger partial charge is 0.294 e. The van der Waals surface area contributed by atoms with Crippen molar-refractivity contribution in [3.8, 4) is 0 Å². The molecule has 0 aliphatic heterocycles. The Morgan fingerprint density at radius 2 is 0.757 bits per heavy atom. The summed E-state index contributed by atoms with van der Waals surface area (Å²) in [4.78, 5) is 32.8. The van der Waals surface area contributed by atoms with Gasteiger partial charge in [-0.2, -0.15) is 0 Å². The molecule has 0 N–H and O–H groups in total. The zero-order chi connectivity index (χ0) is 25.6. The van der Waals surface area contributed by atoms with E-state index in [1.807, 2.05) is 135 Å². The van der Waals surface area contributed by atoms with Gasteiger partial charge in [0.15, 0.2) is 11.6 Å². The van der Waals surface area contributed by atoms with Gasteiger partial charge in [0, 0.05) is 52.5 Å². The van der Waals surface area contributed by atoms with E-state index in [9.17, 15) is 9.59 Å². The summed E-state index contributed by atoms with van der Waals surface area (Å²) in [6, 6.07) is 38.0. The minimum Gasteiger partial charge on any atom is -0.294 e. The van der Waals surface area contributed by atoms with Crippen molar-refractivity contribution >= 4 is 34.4 Å². The maximum atomic E-state index is 12.0. The van der Waals surface area contributed by atoms with Gasteiger partial charge in [0.1, 0.15) is 0 Å². The van der Waals surface area contributed by atoms with Crippen molar-refractivity contribution in [2.75, 3.05) is 0 Å². The fourth-order valence-corrected chi connectivity index (χ4v) is 3.44. The zero-order valence-corrected chi connectivity index (χ0v) is 21.9. The number of rotatable bonds is 8. The number of carbonyl (C=O) groups excluding carboxylic acids is 2. The summed E-state index contributed by atoms with van der Waals surface area (Å²) in [5, 5.41) is 0. The van der Waals surface area contributed by atoms with Crippen molar-refractivity contribution < 1.29 is 26.7 Å². The topological polar surface area (TPSA) is 58.9 Å². The standard InChI is InChI=1S/2C16H15NO.Cu/c2*1-13(17-15-10-6-3-7-11-15)12-16(18)14-8-4-2-5-9-14;/h2*2-11H,12H2,1H3;. The second-order valence-electron chi connectivity index (χ2n) is 8.30. The molecule has 0 heterocycles. The maximum Gasteiger partial charge on any atom is 0.168 e. The molecular formula is C32H30CuN2O2. The molecule has 0 aliphatic carbocycles. The van der Waals surface area contributed by atoms with Gasteiger partial charge in [0.05, 0.1) is 11.4 Å². The number of hydrogen-bond donors (Lipinski definition) is 0. The maximum absolute atomic E-state index is 12.0. The molecule has 0 atom stereocenters. The van der Waals surface area contributed by atoms with E-state index in [0.717, 1.165) is 33.9 Å². The van der Waals surface area contributed by atoms with E-state index in [0.29, 0.717) is 12.8 Å². The smallest absolute Gasteiger partial charge is 0.168 e. The van der Waals surface area contributed by atoms with Gasteiger partial charge in [0.25, 0.3) is 0 Å². The number of ketones is 2. The van der Waals surface area contributed by atoms with Crippen molar-refractivity contribution in [3.63, 3.8) is 0 Å². The van der Waals surface area contributed by atoms with Crippen molar-refractivity contribution in [2.45, 2.75) is 26.7 Å². The molecule has 37 heavy (non-hydrogen) atoms. The Hall–Kier alpha value is -3.92. The molecule has 0 unspecified atom stereocenters. The zero-order valence-electron chi connectivity index (χ0n) is 21.0. The summed E-state index contributed by atoms with van der Waals surface area (Å²) in [5.41, 5.74) is 4.90. The molecule has 0 saturated heterocycles. The number of Topliss-reactive ketones (excluding diaryl/α,β-unsaturated/α-hetero) is 2. The Morgan fingerprint density at radius 3 is 1.05 bits per heavy atom. The van der Waals surface area contributed by atoms with Crippen molar-refractivity contribution in [2.24, 2.45) is 9.98 Å². The number of aliphatic imine (C=N–C) groups is 2. The van der Waals surface area contributed by atoms with Gasteiger partial charge < -0.3 is 0 Å². The van der Waals surface area contributed by atoms with Crippen LogP contribution in [0.15, 0.2) is 131 Å². The van der Waals surface area contributed by atoms with Crippen LogP contribution < -0.4 is 0 Å². The van der Waals surface area contributed by atoms with Crippen molar-refractivity contribution in [3.05, 3.63) is 132 Å². The average Bonchev–Trinajstić information content (AvgIpc) is 2.91. The quantitative estimate of drug-likeness (QED) is 0.129. The van der Waals surface area contributed by atoms with E-state index in [-0.39, 0.29) is 28.6 Å². The molecular weight excluding hydrogens is 508 g/mol. The third-order valence-corrected chi connectivity index (χ3v) is 5.18. The molecule has 0 amide bonds. The third kappa shape index (κ3) is 10.7. The molecule has 191 valence electrons. The van der Waals surface area contributed by atoms with Gasteiger partial charge in [-0.1, -0.05) is 97.1 Å². The molecule has 4 aromatic rings. The Balaban J connectivity index is 0.000000253. The fraction of sp³-hybridized carbons (Fsp3) is 0.125. The Labute approximate surface area is 229 Å². The molecule has 0 bridgehead atoms. The van der Waals surface area contributed by atoms with E-state index in [4.69, 9.17) is 0 Å². The van der Waals surface area contributed by atoms with Crippen LogP contribution >= 0.6 is 0 Å². The second kappa shape index (κ2) is 15.9. The van der Waals surface area contributed by atoms with E-state index in [1.165, 1.54) is 0 Å². The third-order valence-electron chi connectivity index (χ3n) is 5.18. The first kappa shape index (κ1) is 29.3. The summed E-state index contributed by atoms with van der Waals surface area (Å²) in [6.07, 6.45) is 0.720. The summed E-state index contributed by atoms with van der Waals surface area (Å²) in [6.45, 7) is 3.77. The minimum absolute atomic E-state index is 0. The summed E-state index contributed by atoms with van der Waals surface area (Å²) in [5.74, 6) is 0.209. The first-order chi connectivity index (χ1) is 17.5. The van der Waals surface area contributed by atoms with Gasteiger partial charge in [0.2, 0.25) is 0 Å². The predicted molar refractivity (Wildman–Crippen MR) is 149 cm³/mol. The monoisotopic (exact) mass is 537 g/mol. The molecule has 0 spiro atoms.